The summed E-state index contributed by atoms with van der Waals surface area (Å²) in [5.41, 5.74) is 1.06. The van der Waals surface area contributed by atoms with Crippen molar-refractivity contribution in [2.45, 2.75) is 128 Å². The molecule has 1 heterocycles. The van der Waals surface area contributed by atoms with E-state index >= 15 is 0 Å². The van der Waals surface area contributed by atoms with Crippen LogP contribution in [0.15, 0.2) is 72.8 Å². The van der Waals surface area contributed by atoms with Gasteiger partial charge in [-0.3, -0.25) is 0 Å². The van der Waals surface area contributed by atoms with Crippen molar-refractivity contribution >= 4 is 40.8 Å². The summed E-state index contributed by atoms with van der Waals surface area (Å²) in [6.07, 6.45) is 9.07. The maximum Gasteiger partial charge on any atom is 0.494 e. The van der Waals surface area contributed by atoms with E-state index < -0.39 is 35.0 Å². The molecule has 0 radical (unpaired) electrons. The normalized spacial score (nSPS) is 24.7. The second-order valence-corrected chi connectivity index (χ2v) is 23.5. The Bertz CT molecular complexity index is 1270. The van der Waals surface area contributed by atoms with Gasteiger partial charge in [-0.25, -0.2) is 0 Å². The van der Waals surface area contributed by atoms with Gasteiger partial charge in [-0.2, -0.15) is 0 Å². The van der Waals surface area contributed by atoms with Gasteiger partial charge in [0.25, 0.3) is 0 Å². The molecule has 1 aliphatic carbocycles. The Balaban J connectivity index is 1.81. The average Bonchev–Trinajstić information content (AvgIpc) is 3.26. The van der Waals surface area contributed by atoms with E-state index in [9.17, 15) is 0 Å². The fraction of sp³-hybridized carbons (Fsp3) is 0.556. The molecule has 2 aliphatic rings. The van der Waals surface area contributed by atoms with Crippen LogP contribution in [0.1, 0.15) is 80.4 Å². The van der Waals surface area contributed by atoms with Gasteiger partial charge < -0.3 is 18.2 Å². The van der Waals surface area contributed by atoms with Crippen LogP contribution in [0.25, 0.3) is 0 Å². The Labute approximate surface area is 275 Å². The van der Waals surface area contributed by atoms with Crippen molar-refractivity contribution in [1.82, 2.24) is 0 Å². The van der Waals surface area contributed by atoms with Crippen LogP contribution in [-0.4, -0.2) is 35.0 Å². The standard InChI is InChI=1S/C36H54BClO4Si2/c1-11-43(12-2,13-3)41-35(29-17-21-31(22-18-29)37-39-33(7,8)34(9,10)40-37)25-27-36(28-26-35,30-19-23-32(38)24-20-30)42-44(14-4,15-5)16-6/h17-28H,11-16H2,1-10H3. The molecule has 0 bridgehead atoms. The first-order valence-corrected chi connectivity index (χ1v) is 22.2. The van der Waals surface area contributed by atoms with E-state index in [1.165, 1.54) is 0 Å². The SMILES string of the molecule is CC[Si](CC)(CC)OC1(c2ccc(Cl)cc2)C=CC(O[Si](CC)(CC)CC)(c2ccc(B3OC(C)(C)C(C)(C)O3)cc2)C=C1. The van der Waals surface area contributed by atoms with Crippen LogP contribution in [-0.2, 0) is 29.4 Å². The lowest BCUT2D eigenvalue weighted by Crippen LogP contribution is -2.48. The second-order valence-electron chi connectivity index (χ2n) is 13.7. The highest BCUT2D eigenvalue weighted by Crippen LogP contribution is 2.46. The minimum absolute atomic E-state index is 0.386. The summed E-state index contributed by atoms with van der Waals surface area (Å²) in [6.45, 7) is 22.1. The number of benzene rings is 2. The highest BCUT2D eigenvalue weighted by Gasteiger charge is 2.52. The maximum absolute atomic E-state index is 7.43. The van der Waals surface area contributed by atoms with Crippen molar-refractivity contribution in [1.29, 1.82) is 0 Å². The lowest BCUT2D eigenvalue weighted by atomic mass is 9.76. The van der Waals surface area contributed by atoms with Gasteiger partial charge in [-0.05, 0) is 117 Å². The largest absolute Gasteiger partial charge is 0.494 e. The zero-order valence-electron chi connectivity index (χ0n) is 28.8. The van der Waals surface area contributed by atoms with E-state index in [-0.39, 0.29) is 11.2 Å². The molecule has 4 nitrogen and oxygen atoms in total. The molecular formula is C36H54BClO4Si2. The smallest absolute Gasteiger partial charge is 0.401 e. The molecule has 44 heavy (non-hydrogen) atoms. The van der Waals surface area contributed by atoms with E-state index in [1.54, 1.807) is 0 Å². The van der Waals surface area contributed by atoms with E-state index in [1.807, 2.05) is 12.1 Å². The van der Waals surface area contributed by atoms with Crippen molar-refractivity contribution in [3.05, 3.63) is 89.0 Å². The monoisotopic (exact) mass is 652 g/mol. The predicted octanol–water partition coefficient (Wildman–Crippen LogP) is 9.90. The molecule has 2 aromatic carbocycles. The first-order valence-electron chi connectivity index (χ1n) is 16.8. The fourth-order valence-corrected chi connectivity index (χ4v) is 12.4. The van der Waals surface area contributed by atoms with Crippen molar-refractivity contribution < 1.29 is 18.2 Å². The summed E-state index contributed by atoms with van der Waals surface area (Å²) < 4.78 is 27.5. The van der Waals surface area contributed by atoms with Crippen LogP contribution in [0, 0.1) is 0 Å². The average molecular weight is 653 g/mol. The van der Waals surface area contributed by atoms with Crippen molar-refractivity contribution in [2.75, 3.05) is 0 Å². The Morgan fingerprint density at radius 1 is 0.568 bits per heavy atom. The minimum Gasteiger partial charge on any atom is -0.401 e. The highest BCUT2D eigenvalue weighted by molar-refractivity contribution is 6.74. The zero-order chi connectivity index (χ0) is 32.4. The number of hydrogen-bond donors (Lipinski definition) is 0. The van der Waals surface area contributed by atoms with Crippen LogP contribution in [0.5, 0.6) is 0 Å². The molecule has 0 spiro atoms. The van der Waals surface area contributed by atoms with Crippen LogP contribution in [0.4, 0.5) is 0 Å². The number of hydrogen-bond acceptors (Lipinski definition) is 4. The molecule has 0 amide bonds. The van der Waals surface area contributed by atoms with E-state index in [0.717, 1.165) is 57.9 Å². The van der Waals surface area contributed by atoms with Gasteiger partial charge in [0.05, 0.1) is 11.2 Å². The van der Waals surface area contributed by atoms with Crippen molar-refractivity contribution in [2.24, 2.45) is 0 Å². The summed E-state index contributed by atoms with van der Waals surface area (Å²) in [7, 11) is -4.45. The lowest BCUT2D eigenvalue weighted by molar-refractivity contribution is 0.00578. The molecule has 0 aromatic heterocycles. The fourth-order valence-electron chi connectivity index (χ4n) is 6.48. The summed E-state index contributed by atoms with van der Waals surface area (Å²) in [5, 5.41) is 0.724. The third kappa shape index (κ3) is 6.66. The number of halogens is 1. The topological polar surface area (TPSA) is 36.9 Å². The molecular weight excluding hydrogens is 599 g/mol. The predicted molar refractivity (Wildman–Crippen MR) is 192 cm³/mol. The molecule has 0 saturated carbocycles. The van der Waals surface area contributed by atoms with Crippen molar-refractivity contribution in [3.63, 3.8) is 0 Å². The minimum atomic E-state index is -2.04. The molecule has 1 fully saturated rings. The van der Waals surface area contributed by atoms with E-state index in [4.69, 9.17) is 29.8 Å². The number of rotatable bonds is 13. The van der Waals surface area contributed by atoms with Gasteiger partial charge in [0.1, 0.15) is 11.2 Å². The van der Waals surface area contributed by atoms with E-state index in [2.05, 4.69) is 130 Å². The molecule has 1 aliphatic heterocycles. The van der Waals surface area contributed by atoms with Gasteiger partial charge in [-0.1, -0.05) is 89.5 Å². The molecule has 0 unspecified atom stereocenters. The Morgan fingerprint density at radius 2 is 0.886 bits per heavy atom. The third-order valence-electron chi connectivity index (χ3n) is 11.0. The van der Waals surface area contributed by atoms with Gasteiger partial charge in [0.15, 0.2) is 16.6 Å². The maximum atomic E-state index is 7.43. The molecule has 0 N–H and O–H groups in total. The summed E-state index contributed by atoms with van der Waals surface area (Å²) in [6, 6.07) is 23.2. The Kier molecular flexibility index (Phi) is 10.7. The molecule has 240 valence electrons. The van der Waals surface area contributed by atoms with Crippen LogP contribution < -0.4 is 5.46 Å². The highest BCUT2D eigenvalue weighted by atomic mass is 35.5. The summed E-state index contributed by atoms with van der Waals surface area (Å²) in [4.78, 5) is 0. The van der Waals surface area contributed by atoms with Gasteiger partial charge in [-0.15, -0.1) is 0 Å². The van der Waals surface area contributed by atoms with Crippen molar-refractivity contribution in [3.8, 4) is 0 Å². The Hall–Kier alpha value is -1.45. The first-order chi connectivity index (χ1) is 20.7. The van der Waals surface area contributed by atoms with Gasteiger partial charge >= 0.3 is 7.12 Å². The summed E-state index contributed by atoms with van der Waals surface area (Å²) >= 11 is 6.35. The first kappa shape index (κ1) is 35.4. The molecule has 2 aromatic rings. The van der Waals surface area contributed by atoms with E-state index in [0.29, 0.717) is 0 Å². The second kappa shape index (κ2) is 13.3. The lowest BCUT2D eigenvalue weighted by Gasteiger charge is -2.46. The van der Waals surface area contributed by atoms with Crippen LogP contribution >= 0.6 is 11.6 Å². The molecule has 4 rings (SSSR count). The van der Waals surface area contributed by atoms with Gasteiger partial charge in [0, 0.05) is 5.02 Å². The molecule has 8 heteroatoms. The Morgan fingerprint density at radius 3 is 1.20 bits per heavy atom. The van der Waals surface area contributed by atoms with Crippen LogP contribution in [0.3, 0.4) is 0 Å². The third-order valence-corrected chi connectivity index (χ3v) is 20.5. The zero-order valence-corrected chi connectivity index (χ0v) is 31.5. The quantitative estimate of drug-likeness (QED) is 0.159. The van der Waals surface area contributed by atoms with Crippen LogP contribution in [0.2, 0.25) is 41.3 Å². The summed E-state index contributed by atoms with van der Waals surface area (Å²) in [5.74, 6) is 0. The van der Waals surface area contributed by atoms with Gasteiger partial charge in [0.2, 0.25) is 0 Å². The molecule has 1 saturated heterocycles. The molecule has 0 atom stereocenters.